The van der Waals surface area contributed by atoms with Gasteiger partial charge < -0.3 is 21.1 Å². The second kappa shape index (κ2) is 9.75. The van der Waals surface area contributed by atoms with E-state index in [0.717, 1.165) is 22.4 Å². The minimum atomic E-state index is -0.449. The molecule has 0 aliphatic carbocycles. The highest BCUT2D eigenvalue weighted by atomic mass is 32.1. The second-order valence-electron chi connectivity index (χ2n) is 6.43. The third-order valence-electron chi connectivity index (χ3n) is 4.21. The number of nitrogens with two attached hydrogens (primary N) is 1. The molecule has 0 saturated carbocycles. The van der Waals surface area contributed by atoms with Crippen molar-refractivity contribution in [3.63, 3.8) is 0 Å². The maximum absolute atomic E-state index is 12.6. The van der Waals surface area contributed by atoms with Gasteiger partial charge in [0.05, 0.1) is 11.4 Å². The number of anilines is 2. The Morgan fingerprint density at radius 1 is 1.10 bits per heavy atom. The second-order valence-corrected chi connectivity index (χ2v) is 7.38. The van der Waals surface area contributed by atoms with Crippen LogP contribution in [0.4, 0.5) is 16.2 Å². The summed E-state index contributed by atoms with van der Waals surface area (Å²) in [5.74, 6) is -0.256. The lowest BCUT2D eigenvalue weighted by Gasteiger charge is -2.11. The van der Waals surface area contributed by atoms with Crippen molar-refractivity contribution in [1.82, 2.24) is 5.32 Å². The molecule has 0 atom stereocenters. The lowest BCUT2D eigenvalue weighted by molar-refractivity contribution is 0.102. The Morgan fingerprint density at radius 2 is 1.90 bits per heavy atom. The number of hydrogen-bond donors (Lipinski definition) is 3. The Bertz CT molecular complexity index is 969. The molecule has 150 valence electrons. The van der Waals surface area contributed by atoms with Crippen LogP contribution in [0.15, 0.2) is 60.0 Å². The molecule has 1 heterocycles. The summed E-state index contributed by atoms with van der Waals surface area (Å²) in [4.78, 5) is 25.2. The van der Waals surface area contributed by atoms with E-state index in [9.17, 15) is 9.59 Å². The standard InChI is InChI=1S/C22H23N3O3S/c1-2-11-24-22(27)28-14-15-5-7-16(8-6-15)21(26)25-19-13-17(9-10-18(19)23)20-4-3-12-29-20/h3-10,12-13H,2,11,14,23H2,1H3,(H,24,27)(H,25,26). The van der Waals surface area contributed by atoms with Gasteiger partial charge in [-0.05, 0) is 53.3 Å². The van der Waals surface area contributed by atoms with Crippen molar-refractivity contribution < 1.29 is 14.3 Å². The summed E-state index contributed by atoms with van der Waals surface area (Å²) in [6.07, 6.45) is 0.398. The zero-order valence-electron chi connectivity index (χ0n) is 16.1. The summed E-state index contributed by atoms with van der Waals surface area (Å²) in [7, 11) is 0. The highest BCUT2D eigenvalue weighted by molar-refractivity contribution is 7.13. The number of alkyl carbamates (subject to hydrolysis) is 1. The summed E-state index contributed by atoms with van der Waals surface area (Å²) in [5, 5.41) is 7.51. The lowest BCUT2D eigenvalue weighted by atomic mass is 10.1. The summed E-state index contributed by atoms with van der Waals surface area (Å²) in [6.45, 7) is 2.69. The molecule has 29 heavy (non-hydrogen) atoms. The Morgan fingerprint density at radius 3 is 2.59 bits per heavy atom. The van der Waals surface area contributed by atoms with Crippen molar-refractivity contribution >= 4 is 34.7 Å². The molecular weight excluding hydrogens is 386 g/mol. The Kier molecular flexibility index (Phi) is 6.86. The maximum Gasteiger partial charge on any atom is 0.407 e. The first-order chi connectivity index (χ1) is 14.1. The number of ether oxygens (including phenoxy) is 1. The van der Waals surface area contributed by atoms with Crippen molar-refractivity contribution in [2.45, 2.75) is 20.0 Å². The molecule has 2 amide bonds. The van der Waals surface area contributed by atoms with E-state index < -0.39 is 6.09 Å². The van der Waals surface area contributed by atoms with Crippen LogP contribution in [0.5, 0.6) is 0 Å². The Hall–Kier alpha value is -3.32. The predicted octanol–water partition coefficient (Wildman–Crippen LogP) is 4.89. The lowest BCUT2D eigenvalue weighted by Crippen LogP contribution is -2.24. The largest absolute Gasteiger partial charge is 0.445 e. The number of benzene rings is 2. The zero-order chi connectivity index (χ0) is 20.6. The number of carbonyl (C=O) groups is 2. The van der Waals surface area contributed by atoms with Crippen molar-refractivity contribution in [1.29, 1.82) is 0 Å². The van der Waals surface area contributed by atoms with E-state index >= 15 is 0 Å². The minimum Gasteiger partial charge on any atom is -0.445 e. The maximum atomic E-state index is 12.6. The van der Waals surface area contributed by atoms with Crippen molar-refractivity contribution in [3.8, 4) is 10.4 Å². The molecule has 0 unspecified atom stereocenters. The van der Waals surface area contributed by atoms with Gasteiger partial charge in [-0.3, -0.25) is 4.79 Å². The van der Waals surface area contributed by atoms with Crippen LogP contribution in [0.25, 0.3) is 10.4 Å². The van der Waals surface area contributed by atoms with Crippen LogP contribution in [0, 0.1) is 0 Å². The first-order valence-electron chi connectivity index (χ1n) is 9.31. The van der Waals surface area contributed by atoms with E-state index in [2.05, 4.69) is 10.6 Å². The first kappa shape index (κ1) is 20.4. The minimum absolute atomic E-state index is 0.146. The number of nitrogens with one attached hydrogen (secondary N) is 2. The van der Waals surface area contributed by atoms with E-state index in [4.69, 9.17) is 10.5 Å². The average molecular weight is 410 g/mol. The first-order valence-corrected chi connectivity index (χ1v) is 10.2. The van der Waals surface area contributed by atoms with Gasteiger partial charge in [-0.15, -0.1) is 11.3 Å². The summed E-state index contributed by atoms with van der Waals surface area (Å²) >= 11 is 1.62. The highest BCUT2D eigenvalue weighted by Crippen LogP contribution is 2.30. The topological polar surface area (TPSA) is 93.4 Å². The van der Waals surface area contributed by atoms with Gasteiger partial charge in [0, 0.05) is 17.0 Å². The monoisotopic (exact) mass is 409 g/mol. The summed E-state index contributed by atoms with van der Waals surface area (Å²) < 4.78 is 5.12. The quantitative estimate of drug-likeness (QED) is 0.485. The fraction of sp³-hybridized carbons (Fsp3) is 0.182. The summed E-state index contributed by atoms with van der Waals surface area (Å²) in [6, 6.07) is 16.5. The van der Waals surface area contributed by atoms with Crippen LogP contribution in [0.1, 0.15) is 29.3 Å². The molecule has 0 aliphatic heterocycles. The van der Waals surface area contributed by atoms with Crippen LogP contribution in [0.2, 0.25) is 0 Å². The Balaban J connectivity index is 1.62. The van der Waals surface area contributed by atoms with E-state index in [1.165, 1.54) is 0 Å². The molecule has 0 spiro atoms. The van der Waals surface area contributed by atoms with E-state index in [1.807, 2.05) is 36.6 Å². The molecular formula is C22H23N3O3S. The van der Waals surface area contributed by atoms with Crippen molar-refractivity contribution in [2.24, 2.45) is 0 Å². The van der Waals surface area contributed by atoms with Gasteiger partial charge >= 0.3 is 6.09 Å². The van der Waals surface area contributed by atoms with Gasteiger partial charge in [-0.1, -0.05) is 31.2 Å². The average Bonchev–Trinajstić information content (AvgIpc) is 3.27. The van der Waals surface area contributed by atoms with Crippen LogP contribution < -0.4 is 16.4 Å². The normalized spacial score (nSPS) is 10.4. The number of carbonyl (C=O) groups excluding carboxylic acids is 2. The SMILES string of the molecule is CCCNC(=O)OCc1ccc(C(=O)Nc2cc(-c3cccs3)ccc2N)cc1. The molecule has 0 radical (unpaired) electrons. The van der Waals surface area contributed by atoms with Gasteiger partial charge in [-0.2, -0.15) is 0 Å². The van der Waals surface area contributed by atoms with Crippen LogP contribution >= 0.6 is 11.3 Å². The van der Waals surface area contributed by atoms with Crippen molar-refractivity contribution in [2.75, 3.05) is 17.6 Å². The third-order valence-corrected chi connectivity index (χ3v) is 5.13. The third kappa shape index (κ3) is 5.58. The van der Waals surface area contributed by atoms with Crippen LogP contribution in [0.3, 0.4) is 0 Å². The fourth-order valence-electron chi connectivity index (χ4n) is 2.63. The zero-order valence-corrected chi connectivity index (χ0v) is 16.9. The predicted molar refractivity (Wildman–Crippen MR) is 117 cm³/mol. The molecule has 1 aromatic heterocycles. The molecule has 6 nitrogen and oxygen atoms in total. The van der Waals surface area contributed by atoms with E-state index in [0.29, 0.717) is 23.5 Å². The molecule has 7 heteroatoms. The molecule has 0 bridgehead atoms. The molecule has 0 saturated heterocycles. The Labute approximate surface area is 173 Å². The van der Waals surface area contributed by atoms with Crippen LogP contribution in [-0.2, 0) is 11.3 Å². The van der Waals surface area contributed by atoms with Gasteiger partial charge in [0.25, 0.3) is 5.91 Å². The van der Waals surface area contributed by atoms with Crippen molar-refractivity contribution in [3.05, 3.63) is 71.1 Å². The molecule has 0 aliphatic rings. The molecule has 2 aromatic carbocycles. The highest BCUT2D eigenvalue weighted by Gasteiger charge is 2.10. The number of thiophene rings is 1. The van der Waals surface area contributed by atoms with Gasteiger partial charge in [0.1, 0.15) is 6.61 Å². The number of nitrogen functional groups attached to an aromatic ring is 1. The molecule has 3 rings (SSSR count). The number of rotatable bonds is 7. The van der Waals surface area contributed by atoms with E-state index in [1.54, 1.807) is 41.7 Å². The summed E-state index contributed by atoms with van der Waals surface area (Å²) in [5.41, 5.74) is 9.39. The van der Waals surface area contributed by atoms with Gasteiger partial charge in [0.2, 0.25) is 0 Å². The molecule has 0 fully saturated rings. The fourth-order valence-corrected chi connectivity index (χ4v) is 3.36. The van der Waals surface area contributed by atoms with Gasteiger partial charge in [0.15, 0.2) is 0 Å². The number of amides is 2. The molecule has 3 aromatic rings. The van der Waals surface area contributed by atoms with Gasteiger partial charge in [-0.25, -0.2) is 4.79 Å². The smallest absolute Gasteiger partial charge is 0.407 e. The number of hydrogen-bond acceptors (Lipinski definition) is 5. The van der Waals surface area contributed by atoms with E-state index in [-0.39, 0.29) is 12.5 Å². The van der Waals surface area contributed by atoms with Crippen LogP contribution in [-0.4, -0.2) is 18.5 Å². The molecule has 4 N–H and O–H groups in total.